The predicted octanol–water partition coefficient (Wildman–Crippen LogP) is 5.71. The fourth-order valence-electron chi connectivity index (χ4n) is 3.96. The third-order valence-electron chi connectivity index (χ3n) is 5.95. The standard InChI is InChI=1S/C25H30Cl2N2O2/c1-17-7-9-19(10-8-17)12-14-24(30)29(16-20-11-13-22(26)23(27)15-20)18(2)25(31)28-21-5-3-4-6-21/h7-11,13,15,18,21H,3-6,12,14,16H2,1-2H3,(H,28,31)/t18-/m0/s1. The number of halogens is 2. The summed E-state index contributed by atoms with van der Waals surface area (Å²) in [4.78, 5) is 27.8. The molecule has 1 aliphatic carbocycles. The van der Waals surface area contributed by atoms with E-state index < -0.39 is 6.04 Å². The first kappa shape index (κ1) is 23.6. The van der Waals surface area contributed by atoms with Gasteiger partial charge in [0.1, 0.15) is 6.04 Å². The summed E-state index contributed by atoms with van der Waals surface area (Å²) in [6, 6.07) is 13.1. The number of nitrogens with zero attached hydrogens (tertiary/aromatic N) is 1. The Bertz CT molecular complexity index is 908. The zero-order chi connectivity index (χ0) is 22.4. The molecule has 1 fully saturated rings. The van der Waals surface area contributed by atoms with Gasteiger partial charge in [-0.15, -0.1) is 0 Å². The van der Waals surface area contributed by atoms with Gasteiger partial charge in [-0.05, 0) is 56.4 Å². The van der Waals surface area contributed by atoms with Crippen LogP contribution in [-0.2, 0) is 22.6 Å². The number of hydrogen-bond acceptors (Lipinski definition) is 2. The average Bonchev–Trinajstić information content (AvgIpc) is 3.26. The summed E-state index contributed by atoms with van der Waals surface area (Å²) in [6.45, 7) is 4.15. The molecule has 1 saturated carbocycles. The quantitative estimate of drug-likeness (QED) is 0.548. The molecule has 0 saturated heterocycles. The Morgan fingerprint density at radius 1 is 1.03 bits per heavy atom. The fraction of sp³-hybridized carbons (Fsp3) is 0.440. The van der Waals surface area contributed by atoms with Crippen LogP contribution in [0.25, 0.3) is 0 Å². The first-order chi connectivity index (χ1) is 14.8. The van der Waals surface area contributed by atoms with Crippen LogP contribution in [-0.4, -0.2) is 28.8 Å². The maximum atomic E-state index is 13.2. The monoisotopic (exact) mass is 460 g/mol. The minimum atomic E-state index is -0.569. The number of hydrogen-bond donors (Lipinski definition) is 1. The zero-order valence-corrected chi connectivity index (χ0v) is 19.7. The number of benzene rings is 2. The van der Waals surface area contributed by atoms with E-state index in [0.29, 0.717) is 29.4 Å². The van der Waals surface area contributed by atoms with Gasteiger partial charge in [-0.1, -0.05) is 71.9 Å². The molecule has 2 aromatic carbocycles. The average molecular weight is 461 g/mol. The molecule has 0 unspecified atom stereocenters. The molecule has 3 rings (SSSR count). The lowest BCUT2D eigenvalue weighted by atomic mass is 10.1. The number of rotatable bonds is 8. The van der Waals surface area contributed by atoms with E-state index in [0.717, 1.165) is 36.8 Å². The molecule has 1 N–H and O–H groups in total. The zero-order valence-electron chi connectivity index (χ0n) is 18.2. The van der Waals surface area contributed by atoms with E-state index in [9.17, 15) is 9.59 Å². The van der Waals surface area contributed by atoms with Gasteiger partial charge in [0.2, 0.25) is 11.8 Å². The Labute approximate surface area is 194 Å². The van der Waals surface area contributed by atoms with Gasteiger partial charge in [-0.3, -0.25) is 9.59 Å². The van der Waals surface area contributed by atoms with E-state index in [2.05, 4.69) is 5.32 Å². The Hall–Kier alpha value is -2.04. The van der Waals surface area contributed by atoms with Crippen molar-refractivity contribution in [2.75, 3.05) is 0 Å². The van der Waals surface area contributed by atoms with E-state index in [1.165, 1.54) is 5.56 Å². The summed E-state index contributed by atoms with van der Waals surface area (Å²) in [5.41, 5.74) is 3.14. The van der Waals surface area contributed by atoms with Crippen molar-refractivity contribution >= 4 is 35.0 Å². The molecule has 0 bridgehead atoms. The lowest BCUT2D eigenvalue weighted by molar-refractivity contribution is -0.140. The smallest absolute Gasteiger partial charge is 0.242 e. The van der Waals surface area contributed by atoms with Crippen LogP contribution in [0.3, 0.4) is 0 Å². The number of carbonyl (C=O) groups is 2. The molecule has 2 amide bonds. The van der Waals surface area contributed by atoms with Crippen LogP contribution < -0.4 is 5.32 Å². The van der Waals surface area contributed by atoms with Gasteiger partial charge in [-0.25, -0.2) is 0 Å². The van der Waals surface area contributed by atoms with Crippen LogP contribution in [0.4, 0.5) is 0 Å². The Morgan fingerprint density at radius 2 is 1.68 bits per heavy atom. The highest BCUT2D eigenvalue weighted by molar-refractivity contribution is 6.42. The van der Waals surface area contributed by atoms with Gasteiger partial charge < -0.3 is 10.2 Å². The molecule has 0 spiro atoms. The Balaban J connectivity index is 1.72. The highest BCUT2D eigenvalue weighted by atomic mass is 35.5. The van der Waals surface area contributed by atoms with E-state index >= 15 is 0 Å². The number of aryl methyl sites for hydroxylation is 2. The normalized spacial score (nSPS) is 15.0. The van der Waals surface area contributed by atoms with Crippen LogP contribution >= 0.6 is 23.2 Å². The van der Waals surface area contributed by atoms with Gasteiger partial charge in [0, 0.05) is 19.0 Å². The lowest BCUT2D eigenvalue weighted by Gasteiger charge is -2.30. The van der Waals surface area contributed by atoms with Gasteiger partial charge in [-0.2, -0.15) is 0 Å². The van der Waals surface area contributed by atoms with Crippen molar-refractivity contribution in [3.05, 3.63) is 69.2 Å². The van der Waals surface area contributed by atoms with Crippen LogP contribution in [0, 0.1) is 6.92 Å². The summed E-state index contributed by atoms with van der Waals surface area (Å²) in [7, 11) is 0. The van der Waals surface area contributed by atoms with Crippen molar-refractivity contribution < 1.29 is 9.59 Å². The molecule has 0 aromatic heterocycles. The topological polar surface area (TPSA) is 49.4 Å². The molecular weight excluding hydrogens is 431 g/mol. The highest BCUT2D eigenvalue weighted by Gasteiger charge is 2.28. The first-order valence-electron chi connectivity index (χ1n) is 10.9. The predicted molar refractivity (Wildman–Crippen MR) is 126 cm³/mol. The van der Waals surface area contributed by atoms with Gasteiger partial charge in [0.05, 0.1) is 10.0 Å². The van der Waals surface area contributed by atoms with E-state index in [-0.39, 0.29) is 17.9 Å². The van der Waals surface area contributed by atoms with Crippen molar-refractivity contribution in [3.8, 4) is 0 Å². The third kappa shape index (κ3) is 6.72. The lowest BCUT2D eigenvalue weighted by Crippen LogP contribution is -2.49. The second kappa shape index (κ2) is 11.0. The molecule has 4 nitrogen and oxygen atoms in total. The molecule has 1 atom stereocenters. The summed E-state index contributed by atoms with van der Waals surface area (Å²) in [6.07, 6.45) is 5.27. The van der Waals surface area contributed by atoms with Gasteiger partial charge in [0.25, 0.3) is 0 Å². The van der Waals surface area contributed by atoms with Gasteiger partial charge >= 0.3 is 0 Å². The molecule has 0 aliphatic heterocycles. The van der Waals surface area contributed by atoms with Crippen LogP contribution in [0.5, 0.6) is 0 Å². The summed E-state index contributed by atoms with van der Waals surface area (Å²) >= 11 is 12.2. The molecule has 1 aliphatic rings. The second-order valence-electron chi connectivity index (χ2n) is 8.42. The van der Waals surface area contributed by atoms with Crippen LogP contribution in [0.2, 0.25) is 10.0 Å². The fourth-order valence-corrected chi connectivity index (χ4v) is 4.28. The molecular formula is C25H30Cl2N2O2. The number of carbonyl (C=O) groups excluding carboxylic acids is 2. The molecule has 166 valence electrons. The van der Waals surface area contributed by atoms with Crippen molar-refractivity contribution in [1.82, 2.24) is 10.2 Å². The van der Waals surface area contributed by atoms with E-state index in [1.807, 2.05) is 37.3 Å². The van der Waals surface area contributed by atoms with Crippen molar-refractivity contribution in [2.24, 2.45) is 0 Å². The van der Waals surface area contributed by atoms with Crippen molar-refractivity contribution in [2.45, 2.75) is 71.0 Å². The SMILES string of the molecule is Cc1ccc(CCC(=O)N(Cc2ccc(Cl)c(Cl)c2)[C@@H](C)C(=O)NC2CCCC2)cc1. The second-order valence-corrected chi connectivity index (χ2v) is 9.24. The Morgan fingerprint density at radius 3 is 2.32 bits per heavy atom. The van der Waals surface area contributed by atoms with Gasteiger partial charge in [0.15, 0.2) is 0 Å². The maximum absolute atomic E-state index is 13.2. The molecule has 0 radical (unpaired) electrons. The number of nitrogens with one attached hydrogen (secondary N) is 1. The molecule has 2 aromatic rings. The van der Waals surface area contributed by atoms with Crippen LogP contribution in [0.15, 0.2) is 42.5 Å². The number of amides is 2. The minimum Gasteiger partial charge on any atom is -0.352 e. The molecule has 6 heteroatoms. The van der Waals surface area contributed by atoms with E-state index in [1.54, 1.807) is 24.0 Å². The largest absolute Gasteiger partial charge is 0.352 e. The summed E-state index contributed by atoms with van der Waals surface area (Å²) in [5, 5.41) is 4.03. The maximum Gasteiger partial charge on any atom is 0.242 e. The minimum absolute atomic E-state index is 0.0549. The third-order valence-corrected chi connectivity index (χ3v) is 6.69. The molecule has 31 heavy (non-hydrogen) atoms. The highest BCUT2D eigenvalue weighted by Crippen LogP contribution is 2.24. The van der Waals surface area contributed by atoms with Crippen molar-refractivity contribution in [1.29, 1.82) is 0 Å². The summed E-state index contributed by atoms with van der Waals surface area (Å²) < 4.78 is 0. The van der Waals surface area contributed by atoms with E-state index in [4.69, 9.17) is 23.2 Å². The summed E-state index contributed by atoms with van der Waals surface area (Å²) in [5.74, 6) is -0.156. The molecule has 0 heterocycles. The van der Waals surface area contributed by atoms with Crippen molar-refractivity contribution in [3.63, 3.8) is 0 Å². The van der Waals surface area contributed by atoms with Crippen LogP contribution in [0.1, 0.15) is 55.7 Å². The Kier molecular flexibility index (Phi) is 8.39. The first-order valence-corrected chi connectivity index (χ1v) is 11.7.